The summed E-state index contributed by atoms with van der Waals surface area (Å²) in [5.74, 6) is -1.41. The predicted octanol–water partition coefficient (Wildman–Crippen LogP) is 4.17. The molecule has 9 heteroatoms. The first-order valence-electron chi connectivity index (χ1n) is 6.18. The summed E-state index contributed by atoms with van der Waals surface area (Å²) < 4.78 is 19.1. The molecule has 0 saturated carbocycles. The molecule has 0 bridgehead atoms. The molecule has 2 aromatic rings. The fourth-order valence-corrected chi connectivity index (χ4v) is 2.18. The van der Waals surface area contributed by atoms with E-state index in [1.54, 1.807) is 6.07 Å². The Morgan fingerprint density at radius 2 is 2.09 bits per heavy atom. The van der Waals surface area contributed by atoms with E-state index in [0.717, 1.165) is 6.07 Å². The number of carbonyl (C=O) groups is 1. The molecule has 1 amide bonds. The van der Waals surface area contributed by atoms with Gasteiger partial charge in [0.2, 0.25) is 0 Å². The van der Waals surface area contributed by atoms with E-state index in [1.807, 2.05) is 0 Å². The monoisotopic (exact) mass is 402 g/mol. The first-order valence-corrected chi connectivity index (χ1v) is 7.35. The summed E-state index contributed by atoms with van der Waals surface area (Å²) in [6, 6.07) is 7.93. The molecule has 0 aliphatic carbocycles. The predicted molar refractivity (Wildman–Crippen MR) is 86.3 cm³/mol. The maximum atomic E-state index is 13.6. The quantitative estimate of drug-likeness (QED) is 0.600. The molecule has 120 valence electrons. The van der Waals surface area contributed by atoms with Crippen molar-refractivity contribution in [3.63, 3.8) is 0 Å². The number of ether oxygens (including phenoxy) is 1. The Kier molecular flexibility index (Phi) is 5.51. The van der Waals surface area contributed by atoms with Crippen molar-refractivity contribution in [1.29, 1.82) is 0 Å². The van der Waals surface area contributed by atoms with Crippen molar-refractivity contribution < 1.29 is 18.8 Å². The number of nitro benzene ring substituents is 1. The van der Waals surface area contributed by atoms with Crippen molar-refractivity contribution >= 4 is 44.8 Å². The van der Waals surface area contributed by atoms with E-state index in [9.17, 15) is 19.3 Å². The molecular formula is C14H9BrClFN2O4. The van der Waals surface area contributed by atoms with Crippen molar-refractivity contribution in [2.24, 2.45) is 0 Å². The lowest BCUT2D eigenvalue weighted by atomic mass is 10.2. The molecule has 0 fully saturated rings. The summed E-state index contributed by atoms with van der Waals surface area (Å²) in [5.41, 5.74) is -0.370. The molecule has 1 N–H and O–H groups in total. The molecule has 2 rings (SSSR count). The molecule has 0 aromatic heterocycles. The van der Waals surface area contributed by atoms with E-state index in [1.165, 1.54) is 24.3 Å². The Labute approximate surface area is 143 Å². The Hall–Kier alpha value is -2.19. The number of nitrogens with one attached hydrogen (secondary N) is 1. The zero-order valence-electron chi connectivity index (χ0n) is 11.4. The summed E-state index contributed by atoms with van der Waals surface area (Å²) >= 11 is 8.78. The van der Waals surface area contributed by atoms with E-state index >= 15 is 0 Å². The Morgan fingerprint density at radius 3 is 2.74 bits per heavy atom. The van der Waals surface area contributed by atoms with Gasteiger partial charge in [-0.25, -0.2) is 4.39 Å². The van der Waals surface area contributed by atoms with Crippen molar-refractivity contribution in [2.75, 3.05) is 11.9 Å². The van der Waals surface area contributed by atoms with Gasteiger partial charge in [-0.05, 0) is 30.3 Å². The molecule has 6 nitrogen and oxygen atoms in total. The lowest BCUT2D eigenvalue weighted by Crippen LogP contribution is -2.21. The van der Waals surface area contributed by atoms with Crippen molar-refractivity contribution in [3.05, 3.63) is 61.8 Å². The van der Waals surface area contributed by atoms with Crippen molar-refractivity contribution in [3.8, 4) is 5.75 Å². The number of carbonyl (C=O) groups excluding carboxylic acids is 1. The van der Waals surface area contributed by atoms with E-state index in [4.69, 9.17) is 16.3 Å². The largest absolute Gasteiger partial charge is 0.481 e. The minimum Gasteiger partial charge on any atom is -0.481 e. The van der Waals surface area contributed by atoms with Gasteiger partial charge in [0.05, 0.1) is 4.92 Å². The van der Waals surface area contributed by atoms with Crippen LogP contribution in [0.2, 0.25) is 5.02 Å². The third-order valence-electron chi connectivity index (χ3n) is 2.68. The van der Waals surface area contributed by atoms with Crippen LogP contribution >= 0.6 is 27.5 Å². The molecule has 0 spiro atoms. The van der Waals surface area contributed by atoms with Crippen LogP contribution in [-0.2, 0) is 4.79 Å². The zero-order valence-corrected chi connectivity index (χ0v) is 13.7. The van der Waals surface area contributed by atoms with Gasteiger partial charge >= 0.3 is 0 Å². The van der Waals surface area contributed by atoms with Gasteiger partial charge in [-0.15, -0.1) is 0 Å². The number of hydrogen-bond donors (Lipinski definition) is 1. The molecule has 23 heavy (non-hydrogen) atoms. The van der Waals surface area contributed by atoms with Gasteiger partial charge in [0.1, 0.15) is 5.69 Å². The van der Waals surface area contributed by atoms with Gasteiger partial charge in [0, 0.05) is 15.6 Å². The zero-order chi connectivity index (χ0) is 17.0. The second-order valence-corrected chi connectivity index (χ2v) is 5.68. The highest BCUT2D eigenvalue weighted by Gasteiger charge is 2.17. The Morgan fingerprint density at radius 1 is 1.35 bits per heavy atom. The summed E-state index contributed by atoms with van der Waals surface area (Å²) in [4.78, 5) is 22.1. The number of nitrogens with zero attached hydrogens (tertiary/aromatic N) is 1. The first kappa shape index (κ1) is 17.2. The Bertz CT molecular complexity index is 772. The number of rotatable bonds is 5. The highest BCUT2D eigenvalue weighted by atomic mass is 79.9. The average molecular weight is 404 g/mol. The molecule has 2 aromatic carbocycles. The standard InChI is InChI=1S/C14H9BrClFN2O4/c15-8-1-4-13(10(17)5-8)23-7-14(20)18-11-3-2-9(16)6-12(11)19(21)22/h1-6H,7H2,(H,18,20). The highest BCUT2D eigenvalue weighted by Crippen LogP contribution is 2.27. The minimum absolute atomic E-state index is 0.0238. The van der Waals surface area contributed by atoms with Gasteiger partial charge < -0.3 is 10.1 Å². The molecular weight excluding hydrogens is 395 g/mol. The van der Waals surface area contributed by atoms with Crippen LogP contribution in [-0.4, -0.2) is 17.4 Å². The van der Waals surface area contributed by atoms with Crippen molar-refractivity contribution in [2.45, 2.75) is 0 Å². The van der Waals surface area contributed by atoms with Gasteiger partial charge in [0.15, 0.2) is 18.2 Å². The van der Waals surface area contributed by atoms with Crippen LogP contribution in [0.3, 0.4) is 0 Å². The molecule has 0 saturated heterocycles. The third-order valence-corrected chi connectivity index (χ3v) is 3.41. The van der Waals surface area contributed by atoms with Gasteiger partial charge in [-0.1, -0.05) is 27.5 Å². The van der Waals surface area contributed by atoms with Crippen LogP contribution in [0.25, 0.3) is 0 Å². The first-order chi connectivity index (χ1) is 10.9. The van der Waals surface area contributed by atoms with Crippen LogP contribution < -0.4 is 10.1 Å². The maximum absolute atomic E-state index is 13.6. The van der Waals surface area contributed by atoms with E-state index < -0.39 is 23.3 Å². The molecule has 0 unspecified atom stereocenters. The second-order valence-electron chi connectivity index (χ2n) is 4.33. The molecule has 0 aliphatic heterocycles. The number of benzene rings is 2. The number of hydrogen-bond acceptors (Lipinski definition) is 4. The average Bonchev–Trinajstić information content (AvgIpc) is 2.48. The minimum atomic E-state index is -0.670. The lowest BCUT2D eigenvalue weighted by Gasteiger charge is -2.09. The molecule has 0 atom stereocenters. The van der Waals surface area contributed by atoms with Gasteiger partial charge in [0.25, 0.3) is 11.6 Å². The van der Waals surface area contributed by atoms with E-state index in [-0.39, 0.29) is 22.1 Å². The van der Waals surface area contributed by atoms with Crippen molar-refractivity contribution in [1.82, 2.24) is 0 Å². The Balaban J connectivity index is 2.04. The van der Waals surface area contributed by atoms with Gasteiger partial charge in [-0.2, -0.15) is 0 Å². The summed E-state index contributed by atoms with van der Waals surface area (Å²) in [7, 11) is 0. The topological polar surface area (TPSA) is 81.5 Å². The summed E-state index contributed by atoms with van der Waals surface area (Å²) in [6.07, 6.45) is 0. The number of amides is 1. The SMILES string of the molecule is O=C(COc1ccc(Br)cc1F)Nc1ccc(Cl)cc1[N+](=O)[O-]. The van der Waals surface area contributed by atoms with Gasteiger partial charge in [-0.3, -0.25) is 14.9 Å². The van der Waals surface area contributed by atoms with Crippen LogP contribution in [0, 0.1) is 15.9 Å². The van der Waals surface area contributed by atoms with E-state index in [2.05, 4.69) is 21.2 Å². The van der Waals surface area contributed by atoms with Crippen LogP contribution in [0.1, 0.15) is 0 Å². The smallest absolute Gasteiger partial charge is 0.294 e. The maximum Gasteiger partial charge on any atom is 0.294 e. The highest BCUT2D eigenvalue weighted by molar-refractivity contribution is 9.10. The number of anilines is 1. The second kappa shape index (κ2) is 7.38. The third kappa shape index (κ3) is 4.64. The number of halogens is 3. The summed E-state index contributed by atoms with van der Waals surface area (Å²) in [5, 5.41) is 13.4. The molecule has 0 heterocycles. The summed E-state index contributed by atoms with van der Waals surface area (Å²) in [6.45, 7) is -0.502. The van der Waals surface area contributed by atoms with E-state index in [0.29, 0.717) is 4.47 Å². The van der Waals surface area contributed by atoms with Crippen LogP contribution in [0.5, 0.6) is 5.75 Å². The number of nitro groups is 1. The fraction of sp³-hybridized carbons (Fsp3) is 0.0714. The normalized spacial score (nSPS) is 10.2. The fourth-order valence-electron chi connectivity index (χ4n) is 1.68. The van der Waals surface area contributed by atoms with Crippen LogP contribution in [0.4, 0.5) is 15.8 Å². The lowest BCUT2D eigenvalue weighted by molar-refractivity contribution is -0.383. The van der Waals surface area contributed by atoms with Crippen LogP contribution in [0.15, 0.2) is 40.9 Å². The molecule has 0 aliphatic rings. The molecule has 0 radical (unpaired) electrons.